The van der Waals surface area contributed by atoms with Crippen molar-refractivity contribution < 1.29 is 19.0 Å². The van der Waals surface area contributed by atoms with Gasteiger partial charge in [0.05, 0.1) is 26.4 Å². The highest BCUT2D eigenvalue weighted by molar-refractivity contribution is 5.89. The van der Waals surface area contributed by atoms with E-state index in [0.29, 0.717) is 19.8 Å². The van der Waals surface area contributed by atoms with Gasteiger partial charge in [0.25, 0.3) is 0 Å². The molecule has 0 bridgehead atoms. The maximum Gasteiger partial charge on any atom is 0.319 e. The number of nitrogens with one attached hydrogen (secondary N) is 2. The lowest BCUT2D eigenvalue weighted by molar-refractivity contribution is 0.134. The number of benzene rings is 2. The van der Waals surface area contributed by atoms with Crippen LogP contribution in [0.5, 0.6) is 11.5 Å². The third-order valence-electron chi connectivity index (χ3n) is 4.50. The fourth-order valence-corrected chi connectivity index (χ4v) is 3.17. The molecule has 0 radical (unpaired) electrons. The van der Waals surface area contributed by atoms with Crippen molar-refractivity contribution in [1.82, 2.24) is 5.32 Å². The number of urea groups is 1. The van der Waals surface area contributed by atoms with E-state index >= 15 is 0 Å². The molecule has 0 unspecified atom stereocenters. The minimum absolute atomic E-state index is 0.0707. The van der Waals surface area contributed by atoms with Gasteiger partial charge in [-0.25, -0.2) is 4.79 Å². The monoisotopic (exact) mass is 340 g/mol. The molecule has 6 heteroatoms. The fraction of sp³-hybridized carbons (Fsp3) is 0.316. The molecular weight excluding hydrogens is 320 g/mol. The summed E-state index contributed by atoms with van der Waals surface area (Å²) in [5.74, 6) is 1.58. The van der Waals surface area contributed by atoms with E-state index in [9.17, 15) is 4.79 Å². The van der Waals surface area contributed by atoms with Gasteiger partial charge in [-0.1, -0.05) is 12.1 Å². The number of methoxy groups -OCH3 is 1. The molecule has 6 nitrogen and oxygen atoms in total. The van der Waals surface area contributed by atoms with Gasteiger partial charge < -0.3 is 24.8 Å². The Morgan fingerprint density at radius 3 is 2.84 bits per heavy atom. The molecule has 0 aliphatic carbocycles. The predicted molar refractivity (Wildman–Crippen MR) is 93.1 cm³/mol. The summed E-state index contributed by atoms with van der Waals surface area (Å²) in [5.41, 5.74) is 4.14. The molecule has 4 rings (SSSR count). The number of carbonyl (C=O) groups excluding carboxylic acids is 1. The summed E-state index contributed by atoms with van der Waals surface area (Å²) in [4.78, 5) is 12.3. The van der Waals surface area contributed by atoms with Gasteiger partial charge in [-0.3, -0.25) is 0 Å². The van der Waals surface area contributed by atoms with Crippen molar-refractivity contribution >= 4 is 11.7 Å². The smallest absolute Gasteiger partial charge is 0.319 e. The zero-order valence-corrected chi connectivity index (χ0v) is 14.0. The van der Waals surface area contributed by atoms with Crippen molar-refractivity contribution in [3.63, 3.8) is 0 Å². The summed E-state index contributed by atoms with van der Waals surface area (Å²) < 4.78 is 16.3. The van der Waals surface area contributed by atoms with E-state index in [1.54, 1.807) is 7.11 Å². The summed E-state index contributed by atoms with van der Waals surface area (Å²) in [5, 5.41) is 5.85. The molecule has 0 saturated carbocycles. The number of fused-ring (bicyclic) bond motifs is 2. The Morgan fingerprint density at radius 1 is 1.12 bits per heavy atom. The molecule has 0 fully saturated rings. The van der Waals surface area contributed by atoms with Crippen molar-refractivity contribution in [2.45, 2.75) is 25.7 Å². The van der Waals surface area contributed by atoms with Crippen LogP contribution >= 0.6 is 0 Å². The average Bonchev–Trinajstić information content (AvgIpc) is 3.09. The number of amides is 2. The summed E-state index contributed by atoms with van der Waals surface area (Å²) in [7, 11) is 1.63. The Morgan fingerprint density at radius 2 is 1.96 bits per heavy atom. The number of hydrogen-bond donors (Lipinski definition) is 2. The zero-order valence-electron chi connectivity index (χ0n) is 14.0. The van der Waals surface area contributed by atoms with Gasteiger partial charge in [0.2, 0.25) is 0 Å². The van der Waals surface area contributed by atoms with Crippen LogP contribution < -0.4 is 20.1 Å². The average molecular weight is 340 g/mol. The molecule has 2 aromatic rings. The number of carbonyl (C=O) groups is 1. The summed E-state index contributed by atoms with van der Waals surface area (Å²) in [6.07, 6.45) is 0.727. The Kier molecular flexibility index (Phi) is 4.19. The van der Waals surface area contributed by atoms with Gasteiger partial charge in [-0.2, -0.15) is 0 Å². The third kappa shape index (κ3) is 3.39. The van der Waals surface area contributed by atoms with E-state index in [-0.39, 0.29) is 12.1 Å². The molecule has 1 atom stereocenters. The lowest BCUT2D eigenvalue weighted by Gasteiger charge is -2.26. The van der Waals surface area contributed by atoms with Gasteiger partial charge in [0.15, 0.2) is 0 Å². The maximum atomic E-state index is 12.3. The summed E-state index contributed by atoms with van der Waals surface area (Å²) in [6, 6.07) is 11.3. The molecule has 0 aromatic heterocycles. The van der Waals surface area contributed by atoms with Crippen LogP contribution in [0.25, 0.3) is 0 Å². The number of anilines is 1. The molecule has 2 aliphatic rings. The first-order valence-electron chi connectivity index (χ1n) is 8.28. The van der Waals surface area contributed by atoms with Crippen LogP contribution in [0.1, 0.15) is 16.7 Å². The van der Waals surface area contributed by atoms with Crippen LogP contribution in [0.2, 0.25) is 0 Å². The second-order valence-corrected chi connectivity index (χ2v) is 6.26. The third-order valence-corrected chi connectivity index (χ3v) is 4.50. The molecule has 0 saturated heterocycles. The number of rotatable bonds is 3. The standard InChI is InChI=1S/C19H20N2O4/c1-23-17-5-3-12-6-16(11-25-18(12)8-17)21-19(22)20-15-4-2-13-9-24-10-14(13)7-15/h2-5,7-8,16H,6,9-11H2,1H3,(H2,20,21,22)/t16-/m1/s1. The van der Waals surface area contributed by atoms with E-state index in [2.05, 4.69) is 10.6 Å². The van der Waals surface area contributed by atoms with E-state index < -0.39 is 0 Å². The number of hydrogen-bond acceptors (Lipinski definition) is 4. The quantitative estimate of drug-likeness (QED) is 0.901. The van der Waals surface area contributed by atoms with Crippen LogP contribution in [0.15, 0.2) is 36.4 Å². The van der Waals surface area contributed by atoms with Gasteiger partial charge in [-0.05, 0) is 41.3 Å². The van der Waals surface area contributed by atoms with Gasteiger partial charge in [0.1, 0.15) is 18.1 Å². The molecule has 0 spiro atoms. The van der Waals surface area contributed by atoms with Crippen LogP contribution in [0.3, 0.4) is 0 Å². The summed E-state index contributed by atoms with van der Waals surface area (Å²) >= 11 is 0. The van der Waals surface area contributed by atoms with Gasteiger partial charge in [-0.15, -0.1) is 0 Å². The Balaban J connectivity index is 1.36. The maximum absolute atomic E-state index is 12.3. The predicted octanol–water partition coefficient (Wildman–Crippen LogP) is 2.85. The molecule has 2 heterocycles. The van der Waals surface area contributed by atoms with E-state index in [0.717, 1.165) is 34.7 Å². The van der Waals surface area contributed by atoms with Crippen molar-refractivity contribution in [2.24, 2.45) is 0 Å². The van der Waals surface area contributed by atoms with Crippen molar-refractivity contribution in [2.75, 3.05) is 19.0 Å². The lowest BCUT2D eigenvalue weighted by Crippen LogP contribution is -2.44. The van der Waals surface area contributed by atoms with Gasteiger partial charge in [0, 0.05) is 11.8 Å². The second-order valence-electron chi connectivity index (χ2n) is 6.26. The lowest BCUT2D eigenvalue weighted by atomic mass is 10.0. The Bertz CT molecular complexity index is 806. The normalized spacial score (nSPS) is 17.9. The van der Waals surface area contributed by atoms with Crippen molar-refractivity contribution in [3.8, 4) is 11.5 Å². The first-order chi connectivity index (χ1) is 12.2. The van der Waals surface area contributed by atoms with Crippen molar-refractivity contribution in [1.29, 1.82) is 0 Å². The highest BCUT2D eigenvalue weighted by atomic mass is 16.5. The van der Waals surface area contributed by atoms with E-state index in [1.807, 2.05) is 36.4 Å². The first kappa shape index (κ1) is 15.8. The van der Waals surface area contributed by atoms with Crippen LogP contribution in [0, 0.1) is 0 Å². The molecule has 2 N–H and O–H groups in total. The molecule has 25 heavy (non-hydrogen) atoms. The molecule has 130 valence electrons. The highest BCUT2D eigenvalue weighted by Crippen LogP contribution is 2.29. The van der Waals surface area contributed by atoms with E-state index in [1.165, 1.54) is 5.56 Å². The Labute approximate surface area is 146 Å². The summed E-state index contributed by atoms with van der Waals surface area (Å²) in [6.45, 7) is 1.68. The minimum atomic E-state index is -0.232. The minimum Gasteiger partial charge on any atom is -0.497 e. The zero-order chi connectivity index (χ0) is 17.2. The SMILES string of the molecule is COc1ccc2c(c1)OC[C@H](NC(=O)Nc1ccc3c(c1)COC3)C2. The second kappa shape index (κ2) is 6.64. The van der Waals surface area contributed by atoms with Crippen LogP contribution in [-0.4, -0.2) is 25.8 Å². The fourth-order valence-electron chi connectivity index (χ4n) is 3.17. The highest BCUT2D eigenvalue weighted by Gasteiger charge is 2.22. The van der Waals surface area contributed by atoms with Crippen molar-refractivity contribution in [3.05, 3.63) is 53.1 Å². The molecule has 2 aromatic carbocycles. The molecule has 2 aliphatic heterocycles. The molecule has 2 amide bonds. The van der Waals surface area contributed by atoms with Crippen LogP contribution in [0.4, 0.5) is 10.5 Å². The van der Waals surface area contributed by atoms with E-state index in [4.69, 9.17) is 14.2 Å². The molecular formula is C19H20N2O4. The first-order valence-corrected chi connectivity index (χ1v) is 8.28. The van der Waals surface area contributed by atoms with Gasteiger partial charge >= 0.3 is 6.03 Å². The largest absolute Gasteiger partial charge is 0.497 e. The Hall–Kier alpha value is -2.73. The van der Waals surface area contributed by atoms with Crippen LogP contribution in [-0.2, 0) is 24.4 Å². The number of ether oxygens (including phenoxy) is 3. The topological polar surface area (TPSA) is 68.8 Å².